The largest absolute Gasteiger partial charge is 0.424 e. The summed E-state index contributed by atoms with van der Waals surface area (Å²) >= 11 is 0. The second-order valence-corrected chi connectivity index (χ2v) is 2.81. The molecular weight excluding hydrogens is 151 g/mol. The highest BCUT2D eigenvalue weighted by Gasteiger charge is 2.23. The fraction of sp³-hybridized carbons (Fsp3) is 0.444. The Hall–Kier alpha value is -0.985. The van der Waals surface area contributed by atoms with E-state index in [0.29, 0.717) is 5.76 Å². The summed E-state index contributed by atoms with van der Waals surface area (Å²) in [4.78, 5) is 10.9. The highest BCUT2D eigenvalue weighted by Crippen LogP contribution is 2.26. The molecule has 1 aliphatic heterocycles. The smallest absolute Gasteiger partial charge is 0.329 e. The Kier molecular flexibility index (Phi) is 2.74. The standard InChI is InChI=1S/C9H11BO2/c1-3-4-5-7-6(2)12-9(11)8(7)10/h2-5H2,1H3. The zero-order chi connectivity index (χ0) is 9.14. The molecule has 2 nitrogen and oxygen atoms in total. The normalized spacial score (nSPS) is 17.1. The highest BCUT2D eigenvalue weighted by molar-refractivity contribution is 6.37. The molecule has 0 aromatic carbocycles. The van der Waals surface area contributed by atoms with E-state index in [9.17, 15) is 4.79 Å². The molecule has 12 heavy (non-hydrogen) atoms. The SMILES string of the molecule is [B]C1=C(CCCC)C(=C)OC1=O. The average Bonchev–Trinajstić information content (AvgIpc) is 2.25. The first kappa shape index (κ1) is 9.11. The van der Waals surface area contributed by atoms with Gasteiger partial charge in [0.05, 0.1) is 0 Å². The van der Waals surface area contributed by atoms with Crippen molar-refractivity contribution in [3.8, 4) is 0 Å². The molecule has 0 aromatic heterocycles. The molecule has 0 amide bonds. The van der Waals surface area contributed by atoms with E-state index < -0.39 is 5.97 Å². The number of rotatable bonds is 3. The Morgan fingerprint density at radius 3 is 2.67 bits per heavy atom. The third-order valence-corrected chi connectivity index (χ3v) is 1.88. The van der Waals surface area contributed by atoms with Gasteiger partial charge in [-0.3, -0.25) is 0 Å². The van der Waals surface area contributed by atoms with Gasteiger partial charge in [-0.15, -0.1) is 0 Å². The van der Waals surface area contributed by atoms with Gasteiger partial charge in [0.1, 0.15) is 13.6 Å². The van der Waals surface area contributed by atoms with Gasteiger partial charge < -0.3 is 4.74 Å². The third-order valence-electron chi connectivity index (χ3n) is 1.88. The lowest BCUT2D eigenvalue weighted by Gasteiger charge is -2.00. The van der Waals surface area contributed by atoms with Crippen LogP contribution in [0, 0.1) is 0 Å². The Morgan fingerprint density at radius 1 is 1.58 bits per heavy atom. The van der Waals surface area contributed by atoms with E-state index in [-0.39, 0.29) is 5.47 Å². The van der Waals surface area contributed by atoms with Crippen molar-refractivity contribution in [3.63, 3.8) is 0 Å². The van der Waals surface area contributed by atoms with Crippen molar-refractivity contribution in [2.75, 3.05) is 0 Å². The van der Waals surface area contributed by atoms with Crippen LogP contribution >= 0.6 is 0 Å². The molecule has 62 valence electrons. The van der Waals surface area contributed by atoms with E-state index in [1.807, 2.05) is 0 Å². The lowest BCUT2D eigenvalue weighted by atomic mass is 9.89. The highest BCUT2D eigenvalue weighted by atomic mass is 16.5. The van der Waals surface area contributed by atoms with Gasteiger partial charge in [-0.1, -0.05) is 19.9 Å². The lowest BCUT2D eigenvalue weighted by molar-refractivity contribution is -0.132. The van der Waals surface area contributed by atoms with Crippen LogP contribution in [0.25, 0.3) is 0 Å². The van der Waals surface area contributed by atoms with Crippen molar-refractivity contribution in [1.29, 1.82) is 0 Å². The van der Waals surface area contributed by atoms with E-state index in [0.717, 1.165) is 24.8 Å². The minimum Gasteiger partial charge on any atom is -0.424 e. The van der Waals surface area contributed by atoms with Gasteiger partial charge in [0, 0.05) is 0 Å². The van der Waals surface area contributed by atoms with Gasteiger partial charge in [-0.25, -0.2) is 4.79 Å². The van der Waals surface area contributed by atoms with E-state index in [1.54, 1.807) is 0 Å². The molecule has 0 saturated carbocycles. The quantitative estimate of drug-likeness (QED) is 0.466. The molecule has 0 N–H and O–H groups in total. The van der Waals surface area contributed by atoms with Crippen LogP contribution < -0.4 is 0 Å². The van der Waals surface area contributed by atoms with Gasteiger partial charge >= 0.3 is 5.97 Å². The predicted molar refractivity (Wildman–Crippen MR) is 47.5 cm³/mol. The summed E-state index contributed by atoms with van der Waals surface area (Å²) in [5.41, 5.74) is 1.01. The summed E-state index contributed by atoms with van der Waals surface area (Å²) < 4.78 is 4.75. The Balaban J connectivity index is 2.71. The Bertz CT molecular complexity index is 253. The first-order valence-electron chi connectivity index (χ1n) is 4.07. The predicted octanol–water partition coefficient (Wildman–Crippen LogP) is 1.67. The molecule has 0 spiro atoms. The number of allylic oxidation sites excluding steroid dienone is 1. The van der Waals surface area contributed by atoms with Gasteiger partial charge in [0.25, 0.3) is 0 Å². The van der Waals surface area contributed by atoms with Crippen LogP contribution in [0.4, 0.5) is 0 Å². The molecule has 0 unspecified atom stereocenters. The third kappa shape index (κ3) is 1.60. The molecule has 0 atom stereocenters. The van der Waals surface area contributed by atoms with Crippen molar-refractivity contribution in [3.05, 3.63) is 23.4 Å². The fourth-order valence-corrected chi connectivity index (χ4v) is 1.13. The summed E-state index contributed by atoms with van der Waals surface area (Å²) in [5, 5.41) is 0. The van der Waals surface area contributed by atoms with Crippen LogP contribution in [0.15, 0.2) is 23.4 Å². The second kappa shape index (κ2) is 3.61. The first-order chi connectivity index (χ1) is 5.66. The van der Waals surface area contributed by atoms with Gasteiger partial charge in [-0.2, -0.15) is 0 Å². The van der Waals surface area contributed by atoms with Crippen LogP contribution in [0.5, 0.6) is 0 Å². The maximum absolute atomic E-state index is 10.9. The van der Waals surface area contributed by atoms with E-state index >= 15 is 0 Å². The topological polar surface area (TPSA) is 26.3 Å². The number of hydrogen-bond donors (Lipinski definition) is 0. The number of carbonyl (C=O) groups excluding carboxylic acids is 1. The van der Waals surface area contributed by atoms with Crippen molar-refractivity contribution in [2.24, 2.45) is 0 Å². The number of ether oxygens (including phenoxy) is 1. The zero-order valence-corrected chi connectivity index (χ0v) is 7.22. The number of unbranched alkanes of at least 4 members (excludes halogenated alkanes) is 1. The van der Waals surface area contributed by atoms with Crippen LogP contribution in [-0.4, -0.2) is 13.8 Å². The fourth-order valence-electron chi connectivity index (χ4n) is 1.13. The maximum Gasteiger partial charge on any atom is 0.329 e. The molecule has 0 saturated heterocycles. The maximum atomic E-state index is 10.9. The van der Waals surface area contributed by atoms with Crippen LogP contribution in [-0.2, 0) is 9.53 Å². The molecule has 0 aliphatic carbocycles. The summed E-state index contributed by atoms with van der Waals surface area (Å²) in [7, 11) is 5.50. The monoisotopic (exact) mass is 162 g/mol. The van der Waals surface area contributed by atoms with Gasteiger partial charge in [-0.05, 0) is 23.9 Å². The molecule has 1 rings (SSSR count). The van der Waals surface area contributed by atoms with Crippen molar-refractivity contribution >= 4 is 13.8 Å². The molecule has 1 heterocycles. The number of esters is 1. The lowest BCUT2D eigenvalue weighted by Crippen LogP contribution is -1.97. The van der Waals surface area contributed by atoms with Crippen molar-refractivity contribution in [2.45, 2.75) is 26.2 Å². The van der Waals surface area contributed by atoms with Gasteiger partial charge in [0.2, 0.25) is 0 Å². The summed E-state index contributed by atoms with van der Waals surface area (Å²) in [6.45, 7) is 5.69. The number of carbonyl (C=O) groups is 1. The van der Waals surface area contributed by atoms with Crippen molar-refractivity contribution in [1.82, 2.24) is 0 Å². The average molecular weight is 162 g/mol. The Labute approximate surface area is 73.7 Å². The Morgan fingerprint density at radius 2 is 2.25 bits per heavy atom. The van der Waals surface area contributed by atoms with E-state index in [1.165, 1.54) is 0 Å². The minimum absolute atomic E-state index is 0.230. The number of hydrogen-bond acceptors (Lipinski definition) is 2. The molecule has 1 aliphatic rings. The minimum atomic E-state index is -0.453. The van der Waals surface area contributed by atoms with E-state index in [2.05, 4.69) is 13.5 Å². The molecule has 0 bridgehead atoms. The zero-order valence-electron chi connectivity index (χ0n) is 7.22. The second-order valence-electron chi connectivity index (χ2n) is 2.81. The summed E-state index contributed by atoms with van der Waals surface area (Å²) in [6.07, 6.45) is 2.86. The molecule has 0 fully saturated rings. The van der Waals surface area contributed by atoms with Crippen molar-refractivity contribution < 1.29 is 9.53 Å². The number of cyclic esters (lactones) is 1. The van der Waals surface area contributed by atoms with E-state index in [4.69, 9.17) is 12.6 Å². The summed E-state index contributed by atoms with van der Waals surface area (Å²) in [6, 6.07) is 0. The van der Waals surface area contributed by atoms with Crippen LogP contribution in [0.2, 0.25) is 0 Å². The van der Waals surface area contributed by atoms with Crippen LogP contribution in [0.3, 0.4) is 0 Å². The summed E-state index contributed by atoms with van der Waals surface area (Å²) in [5.74, 6) is -0.0305. The first-order valence-corrected chi connectivity index (χ1v) is 4.07. The van der Waals surface area contributed by atoms with Crippen LogP contribution in [0.1, 0.15) is 26.2 Å². The molecule has 0 aromatic rings. The van der Waals surface area contributed by atoms with Gasteiger partial charge in [0.15, 0.2) is 0 Å². The molecule has 2 radical (unpaired) electrons. The molecular formula is C9H11BO2. The molecule has 3 heteroatoms.